The van der Waals surface area contributed by atoms with Crippen molar-refractivity contribution in [2.24, 2.45) is 5.73 Å². The van der Waals surface area contributed by atoms with Crippen LogP contribution < -0.4 is 10.5 Å². The molecular formula is C10H14FNO4S. The molecule has 0 aliphatic carbocycles. The Morgan fingerprint density at radius 1 is 1.53 bits per heavy atom. The lowest BCUT2D eigenvalue weighted by atomic mass is 10.1. The Balaban J connectivity index is 3.45. The summed E-state index contributed by atoms with van der Waals surface area (Å²) >= 11 is 0. The lowest BCUT2D eigenvalue weighted by Gasteiger charge is -2.15. The van der Waals surface area contributed by atoms with Crippen LogP contribution in [0.15, 0.2) is 17.0 Å². The Bertz CT molecular complexity index is 515. The van der Waals surface area contributed by atoms with Gasteiger partial charge < -0.3 is 15.6 Å². The van der Waals surface area contributed by atoms with E-state index < -0.39 is 33.2 Å². The number of hydrogen-bond donors (Lipinski definition) is 2. The third-order valence-electron chi connectivity index (χ3n) is 2.28. The second-order valence-corrected chi connectivity index (χ2v) is 5.57. The fourth-order valence-corrected chi connectivity index (χ4v) is 2.13. The Hall–Kier alpha value is -1.18. The quantitative estimate of drug-likeness (QED) is 0.811. The fourth-order valence-electron chi connectivity index (χ4n) is 1.40. The highest BCUT2D eigenvalue weighted by molar-refractivity contribution is 7.90. The highest BCUT2D eigenvalue weighted by Gasteiger charge is 2.20. The second kappa shape index (κ2) is 4.99. The predicted molar refractivity (Wildman–Crippen MR) is 60.1 cm³/mol. The Morgan fingerprint density at radius 2 is 2.12 bits per heavy atom. The maximum Gasteiger partial charge on any atom is 0.178 e. The van der Waals surface area contributed by atoms with E-state index in [2.05, 4.69) is 0 Å². The SMILES string of the molecule is COc1cc(S(C)(=O)=O)c(F)cc1C(N)CO. The van der Waals surface area contributed by atoms with E-state index >= 15 is 0 Å². The summed E-state index contributed by atoms with van der Waals surface area (Å²) in [4.78, 5) is -0.455. The van der Waals surface area contributed by atoms with Gasteiger partial charge in [-0.1, -0.05) is 0 Å². The van der Waals surface area contributed by atoms with Crippen LogP contribution >= 0.6 is 0 Å². The number of aliphatic hydroxyl groups excluding tert-OH is 1. The number of sulfone groups is 1. The molecule has 1 rings (SSSR count). The molecule has 1 aromatic rings. The number of nitrogens with two attached hydrogens (primary N) is 1. The summed E-state index contributed by atoms with van der Waals surface area (Å²) in [5, 5.41) is 8.91. The van der Waals surface area contributed by atoms with Crippen molar-refractivity contribution in [1.29, 1.82) is 0 Å². The van der Waals surface area contributed by atoms with Gasteiger partial charge in [-0.15, -0.1) is 0 Å². The first-order chi connectivity index (χ1) is 7.81. The molecule has 0 saturated carbocycles. The molecule has 0 amide bonds. The van der Waals surface area contributed by atoms with Crippen LogP contribution in [-0.2, 0) is 9.84 Å². The third kappa shape index (κ3) is 2.93. The van der Waals surface area contributed by atoms with Gasteiger partial charge >= 0.3 is 0 Å². The molecule has 3 N–H and O–H groups in total. The van der Waals surface area contributed by atoms with Gasteiger partial charge in [-0.2, -0.15) is 0 Å². The highest BCUT2D eigenvalue weighted by atomic mass is 32.2. The molecule has 17 heavy (non-hydrogen) atoms. The molecule has 0 spiro atoms. The lowest BCUT2D eigenvalue weighted by Crippen LogP contribution is -2.16. The average Bonchev–Trinajstić information content (AvgIpc) is 2.26. The van der Waals surface area contributed by atoms with Gasteiger partial charge in [-0.25, -0.2) is 12.8 Å². The van der Waals surface area contributed by atoms with Crippen molar-refractivity contribution in [2.75, 3.05) is 20.0 Å². The molecule has 0 fully saturated rings. The summed E-state index contributed by atoms with van der Waals surface area (Å²) in [5.74, 6) is -0.777. The van der Waals surface area contributed by atoms with Crippen molar-refractivity contribution in [3.8, 4) is 5.75 Å². The van der Waals surface area contributed by atoms with E-state index in [1.807, 2.05) is 0 Å². The van der Waals surface area contributed by atoms with Crippen LogP contribution in [0.3, 0.4) is 0 Å². The van der Waals surface area contributed by atoms with Gasteiger partial charge in [-0.05, 0) is 6.07 Å². The zero-order valence-electron chi connectivity index (χ0n) is 9.47. The molecule has 0 aliphatic rings. The van der Waals surface area contributed by atoms with Gasteiger partial charge in [0, 0.05) is 17.9 Å². The van der Waals surface area contributed by atoms with Crippen molar-refractivity contribution >= 4 is 9.84 Å². The number of benzene rings is 1. The number of methoxy groups -OCH3 is 1. The molecule has 96 valence electrons. The number of aliphatic hydroxyl groups is 1. The van der Waals surface area contributed by atoms with Crippen LogP contribution in [0.4, 0.5) is 4.39 Å². The first-order valence-corrected chi connectivity index (χ1v) is 6.64. The summed E-state index contributed by atoms with van der Waals surface area (Å²) in [7, 11) is -2.36. The topological polar surface area (TPSA) is 89.6 Å². The molecule has 7 heteroatoms. The molecule has 0 saturated heterocycles. The molecule has 1 aromatic carbocycles. The minimum atomic E-state index is -3.67. The average molecular weight is 263 g/mol. The van der Waals surface area contributed by atoms with Gasteiger partial charge in [0.25, 0.3) is 0 Å². The van der Waals surface area contributed by atoms with Crippen molar-refractivity contribution < 1.29 is 22.7 Å². The molecule has 0 aromatic heterocycles. The molecule has 1 unspecified atom stereocenters. The molecular weight excluding hydrogens is 249 g/mol. The molecule has 0 bridgehead atoms. The maximum absolute atomic E-state index is 13.6. The zero-order chi connectivity index (χ0) is 13.2. The first-order valence-electron chi connectivity index (χ1n) is 4.75. The normalized spacial score (nSPS) is 13.5. The molecule has 0 heterocycles. The monoisotopic (exact) mass is 263 g/mol. The highest BCUT2D eigenvalue weighted by Crippen LogP contribution is 2.29. The number of hydrogen-bond acceptors (Lipinski definition) is 5. The number of halogens is 1. The van der Waals surface area contributed by atoms with E-state index in [9.17, 15) is 12.8 Å². The molecule has 5 nitrogen and oxygen atoms in total. The summed E-state index contributed by atoms with van der Waals surface area (Å²) in [6.45, 7) is -0.395. The van der Waals surface area contributed by atoms with Gasteiger partial charge in [0.05, 0.1) is 19.8 Å². The van der Waals surface area contributed by atoms with E-state index in [-0.39, 0.29) is 11.3 Å². The van der Waals surface area contributed by atoms with Crippen LogP contribution in [0, 0.1) is 5.82 Å². The van der Waals surface area contributed by atoms with Gasteiger partial charge in [0.1, 0.15) is 16.5 Å². The fraction of sp³-hybridized carbons (Fsp3) is 0.400. The van der Waals surface area contributed by atoms with Gasteiger partial charge in [0.15, 0.2) is 9.84 Å². The van der Waals surface area contributed by atoms with Crippen molar-refractivity contribution in [3.05, 3.63) is 23.5 Å². The smallest absolute Gasteiger partial charge is 0.178 e. The minimum absolute atomic E-state index is 0.133. The van der Waals surface area contributed by atoms with E-state index in [4.69, 9.17) is 15.6 Å². The Labute approximate surface area is 98.9 Å². The molecule has 1 atom stereocenters. The zero-order valence-corrected chi connectivity index (χ0v) is 10.3. The van der Waals surface area contributed by atoms with E-state index in [0.29, 0.717) is 0 Å². The number of rotatable bonds is 4. The van der Waals surface area contributed by atoms with Crippen LogP contribution in [0.2, 0.25) is 0 Å². The van der Waals surface area contributed by atoms with Crippen LogP contribution in [0.5, 0.6) is 5.75 Å². The largest absolute Gasteiger partial charge is 0.496 e. The van der Waals surface area contributed by atoms with Crippen molar-refractivity contribution in [3.63, 3.8) is 0 Å². The van der Waals surface area contributed by atoms with E-state index in [1.165, 1.54) is 7.11 Å². The first kappa shape index (κ1) is 13.9. The molecule has 0 aliphatic heterocycles. The summed E-state index contributed by atoms with van der Waals surface area (Å²) in [6, 6.07) is 1.21. The molecule has 0 radical (unpaired) electrons. The maximum atomic E-state index is 13.6. The van der Waals surface area contributed by atoms with Crippen molar-refractivity contribution in [2.45, 2.75) is 10.9 Å². The predicted octanol–water partition coefficient (Wildman–Crippen LogP) is 0.230. The minimum Gasteiger partial charge on any atom is -0.496 e. The summed E-state index contributed by atoms with van der Waals surface area (Å²) in [6.07, 6.45) is 0.899. The standard InChI is InChI=1S/C10H14FNO4S/c1-16-9-4-10(17(2,14)15)7(11)3-6(9)8(12)5-13/h3-4,8,13H,5,12H2,1-2H3. The van der Waals surface area contributed by atoms with Gasteiger partial charge in [-0.3, -0.25) is 0 Å². The summed E-state index contributed by atoms with van der Waals surface area (Å²) in [5.41, 5.74) is 5.77. The number of ether oxygens (including phenoxy) is 1. The van der Waals surface area contributed by atoms with Crippen LogP contribution in [0.25, 0.3) is 0 Å². The van der Waals surface area contributed by atoms with E-state index in [1.54, 1.807) is 0 Å². The summed E-state index contributed by atoms with van der Waals surface area (Å²) < 4.78 is 41.1. The van der Waals surface area contributed by atoms with Crippen LogP contribution in [0.1, 0.15) is 11.6 Å². The van der Waals surface area contributed by atoms with Gasteiger partial charge in [0.2, 0.25) is 0 Å². The van der Waals surface area contributed by atoms with E-state index in [0.717, 1.165) is 18.4 Å². The Morgan fingerprint density at radius 3 is 2.53 bits per heavy atom. The van der Waals surface area contributed by atoms with Crippen molar-refractivity contribution in [1.82, 2.24) is 0 Å². The van der Waals surface area contributed by atoms with Crippen LogP contribution in [-0.4, -0.2) is 33.5 Å². The third-order valence-corrected chi connectivity index (χ3v) is 3.39. The second-order valence-electron chi connectivity index (χ2n) is 3.59. The Kier molecular flexibility index (Phi) is 4.07. The lowest BCUT2D eigenvalue weighted by molar-refractivity contribution is 0.264.